The molecule has 0 spiro atoms. The van der Waals surface area contributed by atoms with Crippen LogP contribution in [0, 0.1) is 10.8 Å². The van der Waals surface area contributed by atoms with Gasteiger partial charge in [-0.3, -0.25) is 97.1 Å². The van der Waals surface area contributed by atoms with Gasteiger partial charge in [-0.2, -0.15) is 0 Å². The summed E-state index contributed by atoms with van der Waals surface area (Å²) in [6.45, 7) is -1.49. The number of aliphatic carboxylic acids is 1. The van der Waals surface area contributed by atoms with E-state index in [2.05, 4.69) is 105 Å². The fourth-order valence-electron chi connectivity index (χ4n) is 12.0. The number of aliphatic hydroxyl groups is 2. The van der Waals surface area contributed by atoms with Gasteiger partial charge in [-0.05, 0) is 70.0 Å². The highest BCUT2D eigenvalue weighted by molar-refractivity contribution is 8.77. The van der Waals surface area contributed by atoms with Crippen molar-refractivity contribution in [1.82, 2.24) is 105 Å². The van der Waals surface area contributed by atoms with Crippen LogP contribution >= 0.6 is 64.8 Å². The Labute approximate surface area is 737 Å². The van der Waals surface area contributed by atoms with Gasteiger partial charge in [0.05, 0.1) is 38.4 Å². The summed E-state index contributed by atoms with van der Waals surface area (Å²) >= 11 is 0. The summed E-state index contributed by atoms with van der Waals surface area (Å²) in [4.78, 5) is 270. The predicted molar refractivity (Wildman–Crippen MR) is 462 cm³/mol. The van der Waals surface area contributed by atoms with Crippen molar-refractivity contribution < 1.29 is 102 Å². The Hall–Kier alpha value is -11.1. The molecule has 688 valence electrons. The van der Waals surface area contributed by atoms with Crippen molar-refractivity contribution in [1.29, 1.82) is 10.8 Å². The smallest absolute Gasteiger partial charge is 0.305 e. The molecule has 3 saturated heterocycles. The molecule has 2 aromatic heterocycles. The highest BCUT2D eigenvalue weighted by Crippen LogP contribution is 2.28. The van der Waals surface area contributed by atoms with Crippen molar-refractivity contribution in [2.45, 2.75) is 174 Å². The van der Waals surface area contributed by atoms with Crippen LogP contribution in [0.2, 0.25) is 0 Å². The first kappa shape index (κ1) is 103. The standard InChI is InChI=1S/C70H106N28O21S6/c1-31-54(105)92-44(22-99)63(114)85-37(10-4-5-13-71)56(107)88-40(16-32-20-82-36-9-3-2-8-34(32)36)59(110)98-49-28-122-120-24-35(72)55(106)95-48-27-124-125-29-50(68(119)94-46(53(74)104)25-121-123-26-47(65(116)84-31)97-61(112)42(18-51(73)101)90-67(48)118)96-58(109)39(12-7-15-81-70(77)78)86-64(115)45(23-100)93-60(111)41(17-33-21-79-30-83-33)89-62(113)43(19-52(102)103)91-57(108)38(87-66(49)117)11-6-14-80-69(75)76/h2-3,8-9,20-21,30-31,35,37-50,82,99-100H,4-7,10-19,22-29,71-72H2,1H3,(H2,73,101)(H2,74,104)(H,79,83)(H,84,116)(H,85,114)(H,86,115)(H,87,117)(H,88,107)(H,89,113)(H,90,118)(H,91,108)(H,92,105)(H,93,111)(H,94,119)(H,95,106)(H,96,109)(H,97,112)(H,98,110)(H,102,103)(H4,75,76,80)(H4,77,78,81)/t31-,35-,37-,38-,39-,40-,41-,42+,43-,44-,45-,46-,47-,48-,49-,50-/m0/s1. The third-order valence-electron chi connectivity index (χ3n) is 18.8. The number of aliphatic hydroxyl groups excluding tert-OH is 2. The highest BCUT2D eigenvalue weighted by atomic mass is 33.1. The number of imidazole rings is 1. The van der Waals surface area contributed by atoms with Crippen molar-refractivity contribution in [2.24, 2.45) is 34.4 Å². The Morgan fingerprint density at radius 1 is 0.448 bits per heavy atom. The van der Waals surface area contributed by atoms with Gasteiger partial charge < -0.3 is 150 Å². The molecule has 125 heavy (non-hydrogen) atoms. The van der Waals surface area contributed by atoms with Crippen molar-refractivity contribution >= 4 is 194 Å². The second-order valence-electron chi connectivity index (χ2n) is 28.5. The highest BCUT2D eigenvalue weighted by Gasteiger charge is 2.40. The maximum atomic E-state index is 15.4. The molecule has 16 atom stereocenters. The maximum Gasteiger partial charge on any atom is 0.305 e. The summed E-state index contributed by atoms with van der Waals surface area (Å²) in [5, 5.41) is 89.5. The maximum absolute atomic E-state index is 15.4. The largest absolute Gasteiger partial charge is 0.481 e. The fraction of sp³-hybridized carbons (Fsp3) is 0.557. The van der Waals surface area contributed by atoms with E-state index in [1.165, 1.54) is 18.7 Å². The number of carboxylic acid groups (broad SMARTS) is 1. The summed E-state index contributed by atoms with van der Waals surface area (Å²) in [5.41, 5.74) is 36.1. The number of primary amides is 2. The Morgan fingerprint density at radius 3 is 1.34 bits per heavy atom. The molecule has 1 aromatic carbocycles. The van der Waals surface area contributed by atoms with Gasteiger partial charge in [0.15, 0.2) is 11.9 Å². The number of carbonyl (C=O) groups is 18. The average molecular weight is 1870 g/mol. The van der Waals surface area contributed by atoms with Crippen molar-refractivity contribution in [2.75, 3.05) is 67.4 Å². The zero-order valence-electron chi connectivity index (χ0n) is 67.4. The van der Waals surface area contributed by atoms with Gasteiger partial charge >= 0.3 is 5.97 Å². The van der Waals surface area contributed by atoms with Gasteiger partial charge in [0, 0.05) is 89.4 Å². The number of hydrogen-bond acceptors (Lipinski definition) is 31. The number of aromatic amines is 2. The predicted octanol–water partition coefficient (Wildman–Crippen LogP) is -11.0. The number of benzene rings is 1. The van der Waals surface area contributed by atoms with Crippen LogP contribution < -0.4 is 125 Å². The lowest BCUT2D eigenvalue weighted by Gasteiger charge is -2.28. The van der Waals surface area contributed by atoms with E-state index >= 15 is 14.4 Å². The van der Waals surface area contributed by atoms with Crippen LogP contribution in [0.5, 0.6) is 0 Å². The second kappa shape index (κ2) is 52.6. The van der Waals surface area contributed by atoms with E-state index < -0.39 is 288 Å². The Kier molecular flexibility index (Phi) is 43.2. The SMILES string of the molecule is C[C@@H]1NC(=O)[C@@H]2CSSC[C@@H](C(N)=O)NC(=O)[C@@H]3CSSC[C@H](NC(=O)[C@@H](N)CSSC[C@H](NC(=O)[C@H](Cc4c[nH]c5ccccc45)NC(=O)[C@H](CCCCN)NC(=O)[C@H](CO)NC1=O)C(=O)N[C@@H](CCCNC(=N)N)C(=O)N[C@@H](CC(=O)O)C(=O)N[C@@H](Cc1cnc[nH]1)C(=O)N[C@@H](CO)C(=O)N[C@@H](CCCNC(=N)N)C(=O)N3)C(=O)N[C@H](CC(N)=O)C(=O)N2. The van der Waals surface area contributed by atoms with E-state index in [0.29, 0.717) is 16.5 Å². The number of nitrogens with zero attached hydrogens (tertiary/aromatic N) is 1. The van der Waals surface area contributed by atoms with Gasteiger partial charge in [-0.1, -0.05) is 83.0 Å². The summed E-state index contributed by atoms with van der Waals surface area (Å²) < 4.78 is 0. The molecule has 0 radical (unpaired) electrons. The number of carbonyl (C=O) groups excluding carboxylic acids is 17. The molecule has 5 heterocycles. The number of amides is 17. The molecule has 4 bridgehead atoms. The summed E-state index contributed by atoms with van der Waals surface area (Å²) in [6, 6.07) is -22.4. The van der Waals surface area contributed by atoms with E-state index in [0.717, 1.165) is 71.7 Å². The Balaban J connectivity index is 1.60. The zero-order chi connectivity index (χ0) is 92.0. The number of rotatable bonds is 23. The van der Waals surface area contributed by atoms with Gasteiger partial charge in [0.25, 0.3) is 0 Å². The third-order valence-corrected chi connectivity index (χ3v) is 26.1. The number of hydrogen-bond donors (Lipinski definition) is 30. The summed E-state index contributed by atoms with van der Waals surface area (Å²) in [6.07, 6.45) is -0.0990. The van der Waals surface area contributed by atoms with E-state index in [4.69, 9.17) is 45.2 Å². The number of guanidine groups is 2. The topological polar surface area (TPSA) is 821 Å². The molecule has 3 aromatic rings. The van der Waals surface area contributed by atoms with Crippen LogP contribution in [0.3, 0.4) is 0 Å². The lowest BCUT2D eigenvalue weighted by Crippen LogP contribution is -2.62. The van der Waals surface area contributed by atoms with E-state index in [1.807, 2.05) is 0 Å². The van der Waals surface area contributed by atoms with E-state index in [1.54, 1.807) is 24.3 Å². The minimum Gasteiger partial charge on any atom is -0.481 e. The average Bonchev–Trinajstić information content (AvgIpc) is 1.70. The number of nitrogens with one attached hydrogen (secondary N) is 21. The molecule has 3 aliphatic heterocycles. The van der Waals surface area contributed by atoms with E-state index in [-0.39, 0.29) is 70.3 Å². The molecule has 3 aliphatic rings. The van der Waals surface area contributed by atoms with Gasteiger partial charge in [-0.25, -0.2) is 4.98 Å². The molecule has 6 rings (SSSR count). The Morgan fingerprint density at radius 2 is 0.840 bits per heavy atom. The number of fused-ring (bicyclic) bond motifs is 17. The van der Waals surface area contributed by atoms with Crippen molar-refractivity contribution in [3.8, 4) is 0 Å². The molecule has 3 fully saturated rings. The number of carboxylic acids is 1. The molecule has 0 saturated carbocycles. The molecule has 36 N–H and O–H groups in total. The van der Waals surface area contributed by atoms with Crippen molar-refractivity contribution in [3.05, 3.63) is 54.2 Å². The quantitative estimate of drug-likeness (QED) is 0.0181. The molecule has 49 nitrogen and oxygen atoms in total. The first-order valence-electron chi connectivity index (χ1n) is 38.9. The molecule has 0 aliphatic carbocycles. The lowest BCUT2D eigenvalue weighted by atomic mass is 10.0. The first-order valence-corrected chi connectivity index (χ1v) is 46.4. The molecule has 0 unspecified atom stereocenters. The zero-order valence-corrected chi connectivity index (χ0v) is 72.3. The van der Waals surface area contributed by atoms with Gasteiger partial charge in [-0.15, -0.1) is 0 Å². The van der Waals surface area contributed by atoms with Crippen molar-refractivity contribution in [3.63, 3.8) is 0 Å². The van der Waals surface area contributed by atoms with Crippen LogP contribution in [-0.4, -0.2) is 313 Å². The molecular formula is C70H106N28O21S6. The number of para-hydroxylation sites is 1. The van der Waals surface area contributed by atoms with Crippen LogP contribution in [0.25, 0.3) is 10.9 Å². The molecular weight excluding hydrogens is 1760 g/mol. The van der Waals surface area contributed by atoms with Crippen LogP contribution in [0.4, 0.5) is 0 Å². The molecule has 17 amide bonds. The minimum atomic E-state index is -2.16. The second-order valence-corrected chi connectivity index (χ2v) is 36.2. The Bertz CT molecular complexity index is 4330. The number of unbranched alkanes of at least 4 members (excludes halogenated alkanes) is 1. The minimum absolute atomic E-state index is 0.0860. The summed E-state index contributed by atoms with van der Waals surface area (Å²) in [7, 11) is 4.55. The van der Waals surface area contributed by atoms with Gasteiger partial charge in [0.2, 0.25) is 100 Å². The molecule has 55 heteroatoms. The number of H-pyrrole nitrogens is 2. The lowest BCUT2D eigenvalue weighted by molar-refractivity contribution is -0.141. The monoisotopic (exact) mass is 1870 g/mol. The third kappa shape index (κ3) is 34.8. The number of nitrogens with two attached hydrogens (primary N) is 6. The number of aromatic nitrogens is 3. The normalized spacial score (nSPS) is 26.5. The fourth-order valence-corrected chi connectivity index (χ4v) is 19.0. The van der Waals surface area contributed by atoms with E-state index in [9.17, 15) is 87.2 Å². The van der Waals surface area contributed by atoms with Crippen LogP contribution in [-0.2, 0) is 99.1 Å². The first-order chi connectivity index (χ1) is 59.5. The van der Waals surface area contributed by atoms with Crippen LogP contribution in [0.1, 0.15) is 76.0 Å². The summed E-state index contributed by atoms with van der Waals surface area (Å²) in [5.74, 6) is -26.2. The van der Waals surface area contributed by atoms with Crippen LogP contribution in [0.15, 0.2) is 43.0 Å². The van der Waals surface area contributed by atoms with Gasteiger partial charge in [0.1, 0.15) is 90.6 Å².